The summed E-state index contributed by atoms with van der Waals surface area (Å²) in [6, 6.07) is 143. The summed E-state index contributed by atoms with van der Waals surface area (Å²) in [5, 5.41) is 26.7. The number of aromatic nitrogens is 5. The lowest BCUT2D eigenvalue weighted by Crippen LogP contribution is -2.21. The van der Waals surface area contributed by atoms with E-state index in [1.54, 1.807) is 0 Å². The third-order valence-corrected chi connectivity index (χ3v) is 35.6. The lowest BCUT2D eigenvalue weighted by atomic mass is 10.00. The first-order valence-electron chi connectivity index (χ1n) is 41.7. The predicted molar refractivity (Wildman–Crippen MR) is 518 cm³/mol. The Balaban J connectivity index is 0.000000101. The van der Waals surface area contributed by atoms with Crippen LogP contribution in [0.15, 0.2) is 425 Å². The molecule has 0 bridgehead atoms. The molecule has 0 aliphatic carbocycles. The molecule has 8 heterocycles. The second kappa shape index (κ2) is 27.3. The Morgan fingerprint density at radius 1 is 0.211 bits per heavy atom. The van der Waals surface area contributed by atoms with Gasteiger partial charge < -0.3 is 27.4 Å². The number of pyridine rings is 2. The van der Waals surface area contributed by atoms with Crippen molar-refractivity contribution in [2.45, 2.75) is 0 Å². The molecule has 123 heavy (non-hydrogen) atoms. The van der Waals surface area contributed by atoms with Gasteiger partial charge in [-0.1, -0.05) is 352 Å². The van der Waals surface area contributed by atoms with Crippen LogP contribution in [0.4, 0.5) is 0 Å². The summed E-state index contributed by atoms with van der Waals surface area (Å²) in [7, 11) is -9.39. The topological polar surface area (TPSA) is 91.8 Å². The highest BCUT2D eigenvalue weighted by Crippen LogP contribution is 2.59. The van der Waals surface area contributed by atoms with Crippen molar-refractivity contribution in [3.05, 3.63) is 425 Å². The quantitative estimate of drug-likeness (QED) is 0.122. The SMILES string of the molecule is O=P1(c2ccccc2)c2ccccc2-c2ccc3c(c21)c1ccccc1n3-c1cc2ccccc2c2ccccc12.O=P1(c2ccccc2)c2ccccc2-c2ccc3c(c21)c1ccccc1n3-c1cccc2c1ccc1ccccc12.O=P1(c2ccccc2)c2ccccc2-c2ccc3c(c21)c1ccccc1n3-c1cnc2c(ccc3cccnc32)c1. The van der Waals surface area contributed by atoms with Crippen LogP contribution in [-0.2, 0) is 13.7 Å². The van der Waals surface area contributed by atoms with Crippen molar-refractivity contribution in [2.75, 3.05) is 0 Å². The number of hydrogen-bond donors (Lipinski definition) is 0. The zero-order valence-corrected chi connectivity index (χ0v) is 68.9. The van der Waals surface area contributed by atoms with Gasteiger partial charge in [-0.3, -0.25) is 9.97 Å². The molecule has 3 aliphatic heterocycles. The van der Waals surface area contributed by atoms with Crippen LogP contribution in [0.3, 0.4) is 0 Å². The molecule has 0 saturated carbocycles. The molecule has 8 nitrogen and oxygen atoms in total. The first kappa shape index (κ1) is 71.1. The maximum atomic E-state index is 15.6. The summed E-state index contributed by atoms with van der Waals surface area (Å²) >= 11 is 0. The normalized spacial score (nSPS) is 16.0. The maximum Gasteiger partial charge on any atom is 0.172 e. The van der Waals surface area contributed by atoms with Crippen LogP contribution < -0.4 is 47.7 Å². The van der Waals surface area contributed by atoms with Crippen LogP contribution in [0.5, 0.6) is 0 Å². The molecule has 3 aliphatic rings. The average Bonchev–Trinajstić information content (AvgIpc) is 1.54. The second-order valence-corrected chi connectivity index (χ2v) is 40.2. The minimum atomic E-state index is -3.13. The van der Waals surface area contributed by atoms with Crippen LogP contribution in [-0.4, -0.2) is 23.7 Å². The molecule has 0 saturated heterocycles. The number of rotatable bonds is 6. The molecule has 0 spiro atoms. The van der Waals surface area contributed by atoms with Crippen LogP contribution >= 0.6 is 21.4 Å². The lowest BCUT2D eigenvalue weighted by molar-refractivity contribution is 0.592. The van der Waals surface area contributed by atoms with Gasteiger partial charge in [-0.2, -0.15) is 0 Å². The highest BCUT2D eigenvalue weighted by Gasteiger charge is 2.46. The third-order valence-electron chi connectivity index (χ3n) is 26.0. The summed E-state index contributed by atoms with van der Waals surface area (Å²) in [4.78, 5) is 9.53. The minimum absolute atomic E-state index is 0.863. The fraction of sp³-hybridized carbons (Fsp3) is 0. The molecule has 0 fully saturated rings. The standard InChI is InChI=1S/2C38H24NOP.C36H22N3OP/c40-41(26-12-2-1-3-13-26)36-20-9-7-15-30(36)31-23-24-35-37(38(31)41)32-16-6-8-18-34(32)39(35)33-19-10-17-28-27-14-5-4-11-25(27)21-22-29(28)33;40-41(26-13-2-1-3-14-26)36-21-11-9-18-30(36)31-22-23-34-37(38(31)41)32-19-8-10-20-33(32)39(34)35-24-25-12-4-5-15-27(25)28-16-6-7-17-29(28)35;40-41(26-10-2-1-3-11-26)32-15-7-5-12-27(32)28-18-19-31-33(36(28)41)29-13-4-6-14-30(29)39(31)25-21-24-17-16-23-9-8-20-37-34(23)35(24)38-22-25/h2*1-24H;1-22H. The summed E-state index contributed by atoms with van der Waals surface area (Å²) < 4.78 is 53.8. The zero-order chi connectivity index (χ0) is 81.4. The van der Waals surface area contributed by atoms with E-state index in [2.05, 4.69) is 304 Å². The molecular weight excluding hydrogens is 1560 g/mol. The van der Waals surface area contributed by atoms with Gasteiger partial charge in [-0.05, 0) is 126 Å². The van der Waals surface area contributed by atoms with Gasteiger partial charge in [-0.15, -0.1) is 0 Å². The molecule has 576 valence electrons. The molecule has 19 aromatic carbocycles. The highest BCUT2D eigenvalue weighted by atomic mass is 31.2. The van der Waals surface area contributed by atoms with Gasteiger partial charge in [0.05, 0.1) is 67.4 Å². The smallest absolute Gasteiger partial charge is 0.172 e. The van der Waals surface area contributed by atoms with E-state index in [1.165, 1.54) is 43.1 Å². The predicted octanol–water partition coefficient (Wildman–Crippen LogP) is 24.9. The number of fused-ring (bicyclic) bond motifs is 30. The largest absolute Gasteiger partial charge is 0.309 e. The maximum absolute atomic E-state index is 15.6. The Kier molecular flexibility index (Phi) is 15.8. The van der Waals surface area contributed by atoms with Crippen LogP contribution in [0.25, 0.3) is 181 Å². The zero-order valence-electron chi connectivity index (χ0n) is 66.2. The fourth-order valence-corrected chi connectivity index (χ4v) is 30.7. The lowest BCUT2D eigenvalue weighted by Gasteiger charge is -2.17. The van der Waals surface area contributed by atoms with E-state index >= 15 is 13.7 Å². The number of hydrogen-bond acceptors (Lipinski definition) is 5. The van der Waals surface area contributed by atoms with Crippen molar-refractivity contribution in [3.63, 3.8) is 0 Å². The van der Waals surface area contributed by atoms with Crippen molar-refractivity contribution in [1.29, 1.82) is 0 Å². The molecule has 0 amide bonds. The first-order valence-corrected chi connectivity index (χ1v) is 46.8. The Hall–Kier alpha value is -14.9. The van der Waals surface area contributed by atoms with E-state index < -0.39 is 21.4 Å². The van der Waals surface area contributed by atoms with Gasteiger partial charge in [0.25, 0.3) is 0 Å². The average molecular weight is 1630 g/mol. The number of para-hydroxylation sites is 3. The van der Waals surface area contributed by atoms with E-state index in [-0.39, 0.29) is 0 Å². The highest BCUT2D eigenvalue weighted by molar-refractivity contribution is 7.88. The monoisotopic (exact) mass is 1630 g/mol. The van der Waals surface area contributed by atoms with Crippen LogP contribution in [0, 0.1) is 0 Å². The Bertz CT molecular complexity index is 8810. The van der Waals surface area contributed by atoms with E-state index in [0.29, 0.717) is 0 Å². The van der Waals surface area contributed by atoms with Gasteiger partial charge in [0.2, 0.25) is 0 Å². The molecule has 5 aromatic heterocycles. The first-order chi connectivity index (χ1) is 60.7. The summed E-state index contributed by atoms with van der Waals surface area (Å²) in [6.45, 7) is 0. The van der Waals surface area contributed by atoms with Crippen LogP contribution in [0.2, 0.25) is 0 Å². The Labute approximate surface area is 707 Å². The van der Waals surface area contributed by atoms with Crippen molar-refractivity contribution < 1.29 is 13.7 Å². The molecule has 0 radical (unpaired) electrons. The summed E-state index contributed by atoms with van der Waals surface area (Å²) in [6.07, 6.45) is 3.75. The van der Waals surface area contributed by atoms with Crippen LogP contribution in [0.1, 0.15) is 0 Å². The van der Waals surface area contributed by atoms with Crippen molar-refractivity contribution in [1.82, 2.24) is 23.7 Å². The Morgan fingerprint density at radius 2 is 0.569 bits per heavy atom. The minimum Gasteiger partial charge on any atom is -0.309 e. The number of benzene rings is 19. The van der Waals surface area contributed by atoms with Crippen molar-refractivity contribution in [2.24, 2.45) is 0 Å². The van der Waals surface area contributed by atoms with Gasteiger partial charge in [0.15, 0.2) is 21.4 Å². The molecule has 3 unspecified atom stereocenters. The van der Waals surface area contributed by atoms with E-state index in [9.17, 15) is 0 Å². The van der Waals surface area contributed by atoms with E-state index in [1.807, 2.05) is 140 Å². The molecule has 11 heteroatoms. The molecule has 24 aromatic rings. The van der Waals surface area contributed by atoms with Gasteiger partial charge in [0.1, 0.15) is 0 Å². The Morgan fingerprint density at radius 3 is 1.08 bits per heavy atom. The molecule has 3 atom stereocenters. The molecular formula is C112H70N5O3P3. The van der Waals surface area contributed by atoms with Gasteiger partial charge >= 0.3 is 0 Å². The van der Waals surface area contributed by atoms with E-state index in [4.69, 9.17) is 4.98 Å². The number of nitrogens with zero attached hydrogens (tertiary/aromatic N) is 5. The molecule has 0 N–H and O–H groups in total. The fourth-order valence-electron chi connectivity index (χ4n) is 20.9. The van der Waals surface area contributed by atoms with Gasteiger partial charge in [0, 0.05) is 108 Å². The van der Waals surface area contributed by atoms with Crippen molar-refractivity contribution in [3.8, 4) is 50.4 Å². The van der Waals surface area contributed by atoms with E-state index in [0.717, 1.165) is 185 Å². The molecule has 27 rings (SSSR count). The van der Waals surface area contributed by atoms with Gasteiger partial charge in [-0.25, -0.2) is 0 Å². The third kappa shape index (κ3) is 10.2. The summed E-state index contributed by atoms with van der Waals surface area (Å²) in [5.41, 5.74) is 17.9. The van der Waals surface area contributed by atoms with Crippen molar-refractivity contribution >= 4 is 199 Å². The second-order valence-electron chi connectivity index (χ2n) is 32.2. The summed E-state index contributed by atoms with van der Waals surface area (Å²) in [5.74, 6) is 0.